The molecule has 0 fully saturated rings. The molecule has 0 saturated carbocycles. The third-order valence-corrected chi connectivity index (χ3v) is 3.10. The monoisotopic (exact) mass is 273 g/mol. The van der Waals surface area contributed by atoms with Crippen molar-refractivity contribution in [3.63, 3.8) is 0 Å². The maximum Gasteiger partial charge on any atom is 0.257 e. The lowest BCUT2D eigenvalue weighted by Gasteiger charge is -2.05. The van der Waals surface area contributed by atoms with Gasteiger partial charge in [0, 0.05) is 11.8 Å². The van der Waals surface area contributed by atoms with Crippen LogP contribution in [0.25, 0.3) is 0 Å². The first-order chi connectivity index (χ1) is 8.38. The van der Waals surface area contributed by atoms with E-state index in [1.807, 2.05) is 0 Å². The molecule has 8 heteroatoms. The van der Waals surface area contributed by atoms with Crippen molar-refractivity contribution >= 4 is 10.0 Å². The zero-order valence-corrected chi connectivity index (χ0v) is 9.86. The number of hydrogen-bond acceptors (Lipinski definition) is 3. The number of hydrogen-bond donors (Lipinski definition) is 1. The number of nitrogens with zero attached hydrogens (tertiary/aromatic N) is 2. The molecule has 0 saturated heterocycles. The molecule has 0 amide bonds. The highest BCUT2D eigenvalue weighted by atomic mass is 32.2. The van der Waals surface area contributed by atoms with Crippen LogP contribution in [0.3, 0.4) is 0 Å². The van der Waals surface area contributed by atoms with Crippen molar-refractivity contribution in [3.05, 3.63) is 47.9 Å². The molecule has 2 aromatic rings. The molecule has 1 aromatic carbocycles. The highest BCUT2D eigenvalue weighted by Crippen LogP contribution is 2.14. The van der Waals surface area contributed by atoms with Gasteiger partial charge in [0.1, 0.15) is 11.6 Å². The zero-order chi connectivity index (χ0) is 13.3. The Bertz CT molecular complexity index is 662. The standard InChI is InChI=1S/C10H9F2N3O2S/c11-8-2-1-3-9(12)7(8)4-15-5-10(14-6-15)18(13,16)17/h1-3,5-6H,4H2,(H2,13,16,17). The fourth-order valence-corrected chi connectivity index (χ4v) is 1.92. The van der Waals surface area contributed by atoms with Crippen molar-refractivity contribution in [1.29, 1.82) is 0 Å². The van der Waals surface area contributed by atoms with E-state index in [1.54, 1.807) is 0 Å². The van der Waals surface area contributed by atoms with Crippen LogP contribution in [0.15, 0.2) is 35.7 Å². The van der Waals surface area contributed by atoms with Crippen LogP contribution in [-0.2, 0) is 16.6 Å². The van der Waals surface area contributed by atoms with E-state index in [4.69, 9.17) is 5.14 Å². The number of halogens is 2. The molecular formula is C10H9F2N3O2S. The van der Waals surface area contributed by atoms with Crippen LogP contribution in [-0.4, -0.2) is 18.0 Å². The second-order valence-electron chi connectivity index (χ2n) is 3.63. The highest BCUT2D eigenvalue weighted by molar-refractivity contribution is 7.89. The van der Waals surface area contributed by atoms with Gasteiger partial charge in [0.2, 0.25) is 0 Å². The van der Waals surface area contributed by atoms with Crippen LogP contribution < -0.4 is 5.14 Å². The van der Waals surface area contributed by atoms with Gasteiger partial charge in [-0.3, -0.25) is 0 Å². The molecular weight excluding hydrogens is 264 g/mol. The molecule has 2 N–H and O–H groups in total. The van der Waals surface area contributed by atoms with Crippen molar-refractivity contribution in [2.24, 2.45) is 5.14 Å². The van der Waals surface area contributed by atoms with Gasteiger partial charge in [-0.2, -0.15) is 0 Å². The van der Waals surface area contributed by atoms with Crippen molar-refractivity contribution in [2.75, 3.05) is 0 Å². The summed E-state index contributed by atoms with van der Waals surface area (Å²) in [5, 5.41) is 4.52. The van der Waals surface area contributed by atoms with Crippen LogP contribution >= 0.6 is 0 Å². The van der Waals surface area contributed by atoms with Gasteiger partial charge in [-0.05, 0) is 12.1 Å². The molecule has 5 nitrogen and oxygen atoms in total. The summed E-state index contributed by atoms with van der Waals surface area (Å²) in [6.07, 6.45) is 2.26. The molecule has 2 rings (SSSR count). The highest BCUT2D eigenvalue weighted by Gasteiger charge is 2.13. The van der Waals surface area contributed by atoms with E-state index in [2.05, 4.69) is 4.98 Å². The minimum absolute atomic E-state index is 0.166. The van der Waals surface area contributed by atoms with E-state index in [0.29, 0.717) is 0 Å². The van der Waals surface area contributed by atoms with Crippen LogP contribution in [0.2, 0.25) is 0 Å². The lowest BCUT2D eigenvalue weighted by atomic mass is 10.2. The third-order valence-electron chi connectivity index (χ3n) is 2.30. The first-order valence-electron chi connectivity index (χ1n) is 4.85. The molecule has 0 bridgehead atoms. The molecule has 18 heavy (non-hydrogen) atoms. The zero-order valence-electron chi connectivity index (χ0n) is 9.05. The van der Waals surface area contributed by atoms with Gasteiger partial charge in [0.15, 0.2) is 5.03 Å². The van der Waals surface area contributed by atoms with Crippen molar-refractivity contribution in [2.45, 2.75) is 11.6 Å². The molecule has 1 aromatic heterocycles. The number of rotatable bonds is 3. The van der Waals surface area contributed by atoms with E-state index in [1.165, 1.54) is 10.6 Å². The number of sulfonamides is 1. The van der Waals surface area contributed by atoms with Crippen LogP contribution in [0.5, 0.6) is 0 Å². The lowest BCUT2D eigenvalue weighted by molar-refractivity contribution is 0.544. The minimum atomic E-state index is -3.91. The Balaban J connectivity index is 2.33. The van der Waals surface area contributed by atoms with Gasteiger partial charge in [0.05, 0.1) is 12.9 Å². The SMILES string of the molecule is NS(=O)(=O)c1cn(Cc2c(F)cccc2F)cn1. The van der Waals surface area contributed by atoms with Crippen LogP contribution in [0.1, 0.15) is 5.56 Å². The predicted octanol–water partition coefficient (Wildman–Crippen LogP) is 0.857. The Hall–Kier alpha value is -1.80. The maximum absolute atomic E-state index is 13.4. The predicted molar refractivity (Wildman–Crippen MR) is 59.1 cm³/mol. The summed E-state index contributed by atoms with van der Waals surface area (Å²) in [6, 6.07) is 3.49. The van der Waals surface area contributed by atoms with E-state index in [-0.39, 0.29) is 17.1 Å². The summed E-state index contributed by atoms with van der Waals surface area (Å²) in [5.41, 5.74) is -0.170. The fraction of sp³-hybridized carbons (Fsp3) is 0.100. The van der Waals surface area contributed by atoms with Gasteiger partial charge in [0.25, 0.3) is 10.0 Å². The first kappa shape index (κ1) is 12.7. The fourth-order valence-electron chi connectivity index (χ4n) is 1.44. The van der Waals surface area contributed by atoms with Gasteiger partial charge >= 0.3 is 0 Å². The molecule has 1 heterocycles. The Labute approximate surface area is 102 Å². The van der Waals surface area contributed by atoms with Gasteiger partial charge in [-0.25, -0.2) is 27.3 Å². The number of aromatic nitrogens is 2. The third kappa shape index (κ3) is 2.54. The largest absolute Gasteiger partial charge is 0.331 e. The number of primary sulfonamides is 1. The second kappa shape index (κ2) is 4.46. The van der Waals surface area contributed by atoms with E-state index < -0.39 is 21.7 Å². The Morgan fingerprint density at radius 1 is 1.28 bits per heavy atom. The quantitative estimate of drug-likeness (QED) is 0.900. The summed E-state index contributed by atoms with van der Waals surface area (Å²) >= 11 is 0. The average Bonchev–Trinajstić information content (AvgIpc) is 2.72. The van der Waals surface area contributed by atoms with Crippen LogP contribution in [0.4, 0.5) is 8.78 Å². The summed E-state index contributed by atoms with van der Waals surface area (Å²) < 4.78 is 49.9. The summed E-state index contributed by atoms with van der Waals surface area (Å²) in [4.78, 5) is 3.55. The molecule has 0 unspecified atom stereocenters. The van der Waals surface area contributed by atoms with E-state index in [0.717, 1.165) is 24.7 Å². The molecule has 0 atom stereocenters. The lowest BCUT2D eigenvalue weighted by Crippen LogP contribution is -2.12. The van der Waals surface area contributed by atoms with Gasteiger partial charge < -0.3 is 4.57 Å². The topological polar surface area (TPSA) is 78.0 Å². The Kier molecular flexibility index (Phi) is 3.14. The molecule has 96 valence electrons. The van der Waals surface area contributed by atoms with Crippen molar-refractivity contribution < 1.29 is 17.2 Å². The Morgan fingerprint density at radius 2 is 1.89 bits per heavy atom. The molecule has 0 aliphatic rings. The van der Waals surface area contributed by atoms with Gasteiger partial charge in [-0.15, -0.1) is 0 Å². The number of nitrogens with two attached hydrogens (primary N) is 1. The summed E-state index contributed by atoms with van der Waals surface area (Å²) in [6.45, 7) is -0.166. The van der Waals surface area contributed by atoms with Crippen molar-refractivity contribution in [3.8, 4) is 0 Å². The average molecular weight is 273 g/mol. The first-order valence-corrected chi connectivity index (χ1v) is 6.40. The van der Waals surface area contributed by atoms with E-state index >= 15 is 0 Å². The smallest absolute Gasteiger partial charge is 0.257 e. The maximum atomic E-state index is 13.4. The molecule has 0 aliphatic carbocycles. The summed E-state index contributed by atoms with van der Waals surface area (Å²) in [5.74, 6) is -1.42. The Morgan fingerprint density at radius 3 is 2.39 bits per heavy atom. The van der Waals surface area contributed by atoms with Crippen molar-refractivity contribution in [1.82, 2.24) is 9.55 Å². The molecule has 0 aliphatic heterocycles. The molecule has 0 spiro atoms. The molecule has 0 radical (unpaired) electrons. The summed E-state index contributed by atoms with van der Waals surface area (Å²) in [7, 11) is -3.91. The number of benzene rings is 1. The minimum Gasteiger partial charge on any atom is -0.331 e. The van der Waals surface area contributed by atoms with Crippen LogP contribution in [0, 0.1) is 11.6 Å². The normalized spacial score (nSPS) is 11.7. The van der Waals surface area contributed by atoms with E-state index in [9.17, 15) is 17.2 Å². The van der Waals surface area contributed by atoms with Gasteiger partial charge in [-0.1, -0.05) is 6.07 Å². The number of imidazole rings is 1. The second-order valence-corrected chi connectivity index (χ2v) is 5.14.